The summed E-state index contributed by atoms with van der Waals surface area (Å²) in [5, 5.41) is 16.7. The molecule has 0 aliphatic rings. The third-order valence-electron chi connectivity index (χ3n) is 5.51. The highest BCUT2D eigenvalue weighted by Gasteiger charge is 2.44. The predicted octanol–water partition coefficient (Wildman–Crippen LogP) is 4.13. The van der Waals surface area contributed by atoms with Crippen LogP contribution in [0, 0.1) is 18.6 Å². The van der Waals surface area contributed by atoms with Gasteiger partial charge < -0.3 is 14.9 Å². The number of carbonyl (C=O) groups excluding carboxylic acids is 1. The van der Waals surface area contributed by atoms with E-state index in [1.54, 1.807) is 13.8 Å². The zero-order valence-electron chi connectivity index (χ0n) is 17.1. The lowest BCUT2D eigenvalue weighted by Gasteiger charge is -2.33. The molecule has 31 heavy (non-hydrogen) atoms. The van der Waals surface area contributed by atoms with Gasteiger partial charge in [-0.25, -0.2) is 18.0 Å². The van der Waals surface area contributed by atoms with E-state index in [0.29, 0.717) is 11.1 Å². The van der Waals surface area contributed by atoms with Crippen molar-refractivity contribution in [2.45, 2.75) is 44.9 Å². The van der Waals surface area contributed by atoms with Crippen molar-refractivity contribution in [3.05, 3.63) is 69.7 Å². The smallest absolute Gasteiger partial charge is 0.354 e. The molecule has 0 bridgehead atoms. The molecule has 0 fully saturated rings. The van der Waals surface area contributed by atoms with Crippen LogP contribution in [0.1, 0.15) is 37.9 Å². The first-order valence-electron chi connectivity index (χ1n) is 9.56. The van der Waals surface area contributed by atoms with Crippen molar-refractivity contribution < 1.29 is 27.6 Å². The van der Waals surface area contributed by atoms with Crippen LogP contribution in [0.3, 0.4) is 0 Å². The summed E-state index contributed by atoms with van der Waals surface area (Å²) in [5.74, 6) is -7.02. The number of aromatic nitrogens is 1. The molecule has 164 valence electrons. The van der Waals surface area contributed by atoms with Crippen LogP contribution >= 0.6 is 0 Å². The molecule has 0 radical (unpaired) electrons. The molecule has 2 unspecified atom stereocenters. The second-order valence-corrected chi connectivity index (χ2v) is 7.72. The lowest BCUT2D eigenvalue weighted by atomic mass is 9.74. The van der Waals surface area contributed by atoms with Gasteiger partial charge in [-0.2, -0.15) is 0 Å². The molecule has 1 heterocycles. The number of nitrogens with one attached hydrogen (secondary N) is 1. The molecular weight excluding hydrogens is 413 g/mol. The fourth-order valence-corrected chi connectivity index (χ4v) is 3.51. The Morgan fingerprint density at radius 1 is 1.23 bits per heavy atom. The Balaban J connectivity index is 1.88. The Kier molecular flexibility index (Phi) is 5.91. The van der Waals surface area contributed by atoms with E-state index >= 15 is 4.39 Å². The molecule has 0 saturated carbocycles. The second kappa shape index (κ2) is 8.14. The number of halogens is 3. The summed E-state index contributed by atoms with van der Waals surface area (Å²) >= 11 is 0. The van der Waals surface area contributed by atoms with E-state index in [4.69, 9.17) is 0 Å². The first kappa shape index (κ1) is 22.5. The third-order valence-corrected chi connectivity index (χ3v) is 5.51. The van der Waals surface area contributed by atoms with Gasteiger partial charge in [0.1, 0.15) is 0 Å². The highest BCUT2D eigenvalue weighted by molar-refractivity contribution is 5.98. The molecule has 1 amide bonds. The molecule has 2 atom stereocenters. The minimum atomic E-state index is -3.39. The van der Waals surface area contributed by atoms with Gasteiger partial charge >= 0.3 is 5.63 Å². The summed E-state index contributed by atoms with van der Waals surface area (Å²) in [4.78, 5) is 24.2. The maximum Gasteiger partial charge on any atom is 0.366 e. The van der Waals surface area contributed by atoms with Crippen LogP contribution in [0.2, 0.25) is 0 Å². The summed E-state index contributed by atoms with van der Waals surface area (Å²) < 4.78 is 47.7. The number of nitrogens with zero attached hydrogens (tertiary/aromatic N) is 1. The van der Waals surface area contributed by atoms with Gasteiger partial charge in [0.2, 0.25) is 0 Å². The van der Waals surface area contributed by atoms with Crippen LogP contribution in [0.5, 0.6) is 0 Å². The molecule has 9 heteroatoms. The van der Waals surface area contributed by atoms with Gasteiger partial charge in [0.15, 0.2) is 11.6 Å². The number of benzene rings is 2. The van der Waals surface area contributed by atoms with Crippen molar-refractivity contribution in [1.82, 2.24) is 5.16 Å². The first-order valence-corrected chi connectivity index (χ1v) is 9.56. The molecule has 6 nitrogen and oxygen atoms in total. The molecule has 3 rings (SSSR count). The number of fused-ring (bicyclic) bond motifs is 1. The largest absolute Gasteiger partial charge is 0.366 e. The number of aliphatic hydroxyl groups is 1. The summed E-state index contributed by atoms with van der Waals surface area (Å²) in [5.41, 5.74) is -1.69. The SMILES string of the molecule is CCC(C)(CC(O)(F)C(=O)Nc1ccc2c(=O)onc(C)c2c1)c1cccc(F)c1F. The molecular formula is C22H21F3N2O4. The average molecular weight is 434 g/mol. The van der Waals surface area contributed by atoms with E-state index in [1.807, 2.05) is 0 Å². The minimum Gasteiger partial charge on any atom is -0.354 e. The van der Waals surface area contributed by atoms with Crippen molar-refractivity contribution in [2.75, 3.05) is 5.32 Å². The van der Waals surface area contributed by atoms with Gasteiger partial charge in [-0.1, -0.05) is 31.1 Å². The third kappa shape index (κ3) is 4.32. The van der Waals surface area contributed by atoms with Crippen molar-refractivity contribution in [3.8, 4) is 0 Å². The van der Waals surface area contributed by atoms with Gasteiger partial charge in [0, 0.05) is 22.9 Å². The van der Waals surface area contributed by atoms with Crippen LogP contribution in [0.15, 0.2) is 45.7 Å². The standard InChI is InChI=1S/C22H21F3N2O4/c1-4-21(3,16-6-5-7-17(23)18(16)24)11-22(25,30)20(29)26-13-8-9-14-15(10-13)12(2)27-31-19(14)28/h5-10,30H,4,11H2,1-3H3,(H,26,29). The molecule has 0 aliphatic heterocycles. The zero-order valence-corrected chi connectivity index (χ0v) is 17.1. The summed E-state index contributed by atoms with van der Waals surface area (Å²) in [6, 6.07) is 7.62. The van der Waals surface area contributed by atoms with Gasteiger partial charge in [-0.05, 0) is 43.2 Å². The van der Waals surface area contributed by atoms with Gasteiger partial charge in [0.25, 0.3) is 11.8 Å². The lowest BCUT2D eigenvalue weighted by Crippen LogP contribution is -2.44. The van der Waals surface area contributed by atoms with E-state index in [2.05, 4.69) is 15.0 Å². The van der Waals surface area contributed by atoms with Crippen molar-refractivity contribution in [3.63, 3.8) is 0 Å². The molecule has 2 N–H and O–H groups in total. The molecule has 1 aromatic heterocycles. The predicted molar refractivity (Wildman–Crippen MR) is 108 cm³/mol. The molecule has 3 aromatic rings. The number of amides is 1. The number of carbonyl (C=O) groups is 1. The number of aryl methyl sites for hydroxylation is 1. The average Bonchev–Trinajstić information content (AvgIpc) is 2.72. The topological polar surface area (TPSA) is 92.4 Å². The lowest BCUT2D eigenvalue weighted by molar-refractivity contribution is -0.159. The van der Waals surface area contributed by atoms with Gasteiger partial charge in [-0.15, -0.1) is 0 Å². The Hall–Kier alpha value is -3.20. The van der Waals surface area contributed by atoms with Crippen LogP contribution in [0.25, 0.3) is 10.8 Å². The molecule has 0 saturated heterocycles. The maximum absolute atomic E-state index is 15.1. The van der Waals surface area contributed by atoms with Crippen LogP contribution in [0.4, 0.5) is 18.9 Å². The minimum absolute atomic E-state index is 0.110. The second-order valence-electron chi connectivity index (χ2n) is 7.72. The summed E-state index contributed by atoms with van der Waals surface area (Å²) in [6.45, 7) is 4.64. The van der Waals surface area contributed by atoms with Crippen LogP contribution < -0.4 is 10.9 Å². The highest BCUT2D eigenvalue weighted by atomic mass is 19.2. The van der Waals surface area contributed by atoms with Gasteiger partial charge in [0.05, 0.1) is 11.1 Å². The molecule has 2 aromatic carbocycles. The quantitative estimate of drug-likeness (QED) is 0.609. The normalized spacial score (nSPS) is 15.3. The van der Waals surface area contributed by atoms with Crippen molar-refractivity contribution in [2.24, 2.45) is 0 Å². The summed E-state index contributed by atoms with van der Waals surface area (Å²) in [6.07, 6.45) is -0.677. The Labute approximate surface area is 175 Å². The monoisotopic (exact) mass is 434 g/mol. The Bertz CT molecular complexity index is 1210. The number of hydrogen-bond acceptors (Lipinski definition) is 5. The van der Waals surface area contributed by atoms with Crippen molar-refractivity contribution in [1.29, 1.82) is 0 Å². The number of alkyl halides is 1. The highest BCUT2D eigenvalue weighted by Crippen LogP contribution is 2.38. The number of hydrogen-bond donors (Lipinski definition) is 2. The van der Waals surface area contributed by atoms with E-state index < -0.39 is 40.9 Å². The number of rotatable bonds is 6. The molecule has 0 spiro atoms. The molecule has 0 aliphatic carbocycles. The van der Waals surface area contributed by atoms with E-state index in [0.717, 1.165) is 6.07 Å². The fraction of sp³-hybridized carbons (Fsp3) is 0.318. The first-order chi connectivity index (χ1) is 14.5. The van der Waals surface area contributed by atoms with E-state index in [-0.39, 0.29) is 23.1 Å². The Morgan fingerprint density at radius 2 is 1.94 bits per heavy atom. The number of anilines is 1. The van der Waals surface area contributed by atoms with Crippen molar-refractivity contribution >= 4 is 22.4 Å². The zero-order chi connectivity index (χ0) is 23.0. The van der Waals surface area contributed by atoms with E-state index in [9.17, 15) is 23.5 Å². The fourth-order valence-electron chi connectivity index (χ4n) is 3.51. The van der Waals surface area contributed by atoms with Crippen LogP contribution in [-0.2, 0) is 10.2 Å². The summed E-state index contributed by atoms with van der Waals surface area (Å²) in [7, 11) is 0. The van der Waals surface area contributed by atoms with Gasteiger partial charge in [-0.3, -0.25) is 4.79 Å². The Morgan fingerprint density at radius 3 is 2.61 bits per heavy atom. The maximum atomic E-state index is 15.1. The van der Waals surface area contributed by atoms with Crippen LogP contribution in [-0.4, -0.2) is 22.0 Å². The van der Waals surface area contributed by atoms with E-state index in [1.165, 1.54) is 37.3 Å².